The topological polar surface area (TPSA) is 162 Å². The van der Waals surface area contributed by atoms with Crippen LogP contribution in [0.25, 0.3) is 10.2 Å². The number of ether oxygens (including phenoxy) is 2. The summed E-state index contributed by atoms with van der Waals surface area (Å²) in [5, 5.41) is 21.5. The lowest BCUT2D eigenvalue weighted by molar-refractivity contribution is 0.0242. The van der Waals surface area contributed by atoms with Gasteiger partial charge in [-0.1, -0.05) is 11.3 Å². The van der Waals surface area contributed by atoms with Crippen molar-refractivity contribution in [3.63, 3.8) is 0 Å². The lowest BCUT2D eigenvalue weighted by Gasteiger charge is -2.40. The van der Waals surface area contributed by atoms with Crippen molar-refractivity contribution in [2.45, 2.75) is 63.5 Å². The smallest absolute Gasteiger partial charge is 0.341 e. The van der Waals surface area contributed by atoms with E-state index in [0.29, 0.717) is 22.8 Å². The molecule has 0 radical (unpaired) electrons. The standard InChI is InChI=1S/C40H36F4N10O5S/c1-20-47-34(40(2,3)57)14-35(48-20)58-25-16-51(17-25)38(55)53-31(5-7-46-53)22-10-27(43)36(28(44)11-22)30-13-32(21-8-23(41)12-24(42)9-21)54(50-30)39(56)52-18-26(19-52)59-37-49-29-4-6-45-15-33(29)60-37/h4,6-12,14-15,25-26,31-32,57H,5,13,16-19H2,1-3H3/t31-,32-/m0/s1. The van der Waals surface area contributed by atoms with Crippen molar-refractivity contribution in [3.8, 4) is 11.1 Å². The van der Waals surface area contributed by atoms with E-state index in [2.05, 4.69) is 30.1 Å². The van der Waals surface area contributed by atoms with Crippen LogP contribution in [0, 0.1) is 30.2 Å². The number of hydrogen-bond acceptors (Lipinski definition) is 12. The Morgan fingerprint density at radius 2 is 1.48 bits per heavy atom. The molecule has 2 fully saturated rings. The molecule has 7 heterocycles. The van der Waals surface area contributed by atoms with Gasteiger partial charge in [0.15, 0.2) is 0 Å². The predicted molar refractivity (Wildman–Crippen MR) is 208 cm³/mol. The SMILES string of the molecule is Cc1nc(OC2CN(C(=O)N3N=CC[C@H]3c3cc(F)c(C4=NN(C(=O)N5CC(Oc6nc7ccncc7s6)C5)[C@H](c5cc(F)cc(F)c5)C4)c(F)c3)C2)cc(C(C)(C)O)n1. The van der Waals surface area contributed by atoms with Gasteiger partial charge in [0, 0.05) is 43.6 Å². The number of aromatic nitrogens is 4. The maximum atomic E-state index is 16.1. The van der Waals surface area contributed by atoms with Crippen molar-refractivity contribution in [2.75, 3.05) is 26.2 Å². The normalized spacial score (nSPS) is 19.5. The number of urea groups is 2. The molecule has 310 valence electrons. The maximum Gasteiger partial charge on any atom is 0.341 e. The third kappa shape index (κ3) is 7.55. The van der Waals surface area contributed by atoms with Crippen LogP contribution in [0.5, 0.6) is 11.1 Å². The van der Waals surface area contributed by atoms with Crippen molar-refractivity contribution < 1.29 is 41.7 Å². The van der Waals surface area contributed by atoms with E-state index in [9.17, 15) is 23.5 Å². The predicted octanol–water partition coefficient (Wildman–Crippen LogP) is 6.22. The molecule has 2 saturated heterocycles. The van der Waals surface area contributed by atoms with E-state index in [-0.39, 0.29) is 61.7 Å². The van der Waals surface area contributed by atoms with Gasteiger partial charge in [-0.2, -0.15) is 15.2 Å². The number of amides is 4. The van der Waals surface area contributed by atoms with Gasteiger partial charge in [-0.05, 0) is 62.2 Å². The van der Waals surface area contributed by atoms with E-state index < -0.39 is 70.8 Å². The average molecular weight is 845 g/mol. The van der Waals surface area contributed by atoms with Crippen molar-refractivity contribution in [1.82, 2.24) is 39.8 Å². The first-order valence-electron chi connectivity index (χ1n) is 19.0. The molecule has 3 aromatic heterocycles. The molecule has 4 amide bonds. The number of halogens is 4. The van der Waals surface area contributed by atoms with Gasteiger partial charge in [0.25, 0.3) is 5.19 Å². The van der Waals surface area contributed by atoms with Crippen molar-refractivity contribution in [2.24, 2.45) is 10.2 Å². The van der Waals surface area contributed by atoms with E-state index in [4.69, 9.17) is 9.47 Å². The first-order chi connectivity index (χ1) is 28.7. The van der Waals surface area contributed by atoms with Gasteiger partial charge in [0.05, 0.1) is 65.4 Å². The van der Waals surface area contributed by atoms with Crippen LogP contribution in [0.2, 0.25) is 0 Å². The number of benzene rings is 2. The second kappa shape index (κ2) is 15.1. The van der Waals surface area contributed by atoms with Crippen LogP contribution in [0.3, 0.4) is 0 Å². The summed E-state index contributed by atoms with van der Waals surface area (Å²) in [6.07, 6.45) is 3.91. The monoisotopic (exact) mass is 844 g/mol. The molecular weight excluding hydrogens is 809 g/mol. The Labute approximate surface area is 343 Å². The van der Waals surface area contributed by atoms with E-state index in [0.717, 1.165) is 44.5 Å². The molecule has 15 nitrogen and oxygen atoms in total. The van der Waals surface area contributed by atoms with Crippen molar-refractivity contribution >= 4 is 45.5 Å². The molecule has 5 aromatic rings. The van der Waals surface area contributed by atoms with Crippen LogP contribution in [0.4, 0.5) is 27.2 Å². The third-order valence-corrected chi connectivity index (χ3v) is 11.4. The molecule has 4 aliphatic heterocycles. The molecule has 20 heteroatoms. The van der Waals surface area contributed by atoms with Crippen molar-refractivity contribution in [1.29, 1.82) is 0 Å². The lowest BCUT2D eigenvalue weighted by atomic mass is 9.95. The maximum absolute atomic E-state index is 16.1. The zero-order valence-electron chi connectivity index (χ0n) is 32.3. The van der Waals surface area contributed by atoms with Gasteiger partial charge >= 0.3 is 12.1 Å². The lowest BCUT2D eigenvalue weighted by Crippen LogP contribution is -2.59. The summed E-state index contributed by atoms with van der Waals surface area (Å²) in [7, 11) is 0. The van der Waals surface area contributed by atoms with Gasteiger partial charge < -0.3 is 24.4 Å². The number of nitrogens with zero attached hydrogens (tertiary/aromatic N) is 10. The number of aliphatic hydroxyl groups is 1. The van der Waals surface area contributed by atoms with E-state index in [1.807, 2.05) is 0 Å². The van der Waals surface area contributed by atoms with Gasteiger partial charge in [-0.3, -0.25) is 4.98 Å². The summed E-state index contributed by atoms with van der Waals surface area (Å²) >= 11 is 1.31. The number of carbonyl (C=O) groups is 2. The third-order valence-electron chi connectivity index (χ3n) is 10.5. The van der Waals surface area contributed by atoms with E-state index >= 15 is 8.78 Å². The number of likely N-dealkylation sites (tertiary alicyclic amines) is 2. The first-order valence-corrected chi connectivity index (χ1v) is 19.8. The first kappa shape index (κ1) is 39.2. The highest BCUT2D eigenvalue weighted by Crippen LogP contribution is 2.39. The Morgan fingerprint density at radius 3 is 2.15 bits per heavy atom. The van der Waals surface area contributed by atoms with Crippen LogP contribution in [-0.4, -0.2) is 107 Å². The summed E-state index contributed by atoms with van der Waals surface area (Å²) in [5.41, 5.74) is -0.580. The fraction of sp³-hybridized carbons (Fsp3) is 0.350. The summed E-state index contributed by atoms with van der Waals surface area (Å²) in [6.45, 7) is 5.54. The number of aryl methyl sites for hydroxylation is 1. The molecule has 0 spiro atoms. The van der Waals surface area contributed by atoms with Gasteiger partial charge in [-0.15, -0.1) is 0 Å². The van der Waals surface area contributed by atoms with Crippen LogP contribution in [0.15, 0.2) is 65.1 Å². The van der Waals surface area contributed by atoms with Crippen LogP contribution in [0.1, 0.15) is 67.0 Å². The highest BCUT2D eigenvalue weighted by molar-refractivity contribution is 7.20. The Morgan fingerprint density at radius 1 is 0.833 bits per heavy atom. The number of hydrazone groups is 2. The number of fused-ring (bicyclic) bond motifs is 1. The molecule has 0 aliphatic carbocycles. The Kier molecular flexibility index (Phi) is 9.85. The van der Waals surface area contributed by atoms with Gasteiger partial charge in [0.1, 0.15) is 46.9 Å². The summed E-state index contributed by atoms with van der Waals surface area (Å²) in [5.74, 6) is -3.13. The number of rotatable bonds is 8. The average Bonchev–Trinajstić information content (AvgIpc) is 3.91. The second-order valence-electron chi connectivity index (χ2n) is 15.4. The van der Waals surface area contributed by atoms with Crippen molar-refractivity contribution in [3.05, 3.63) is 106 Å². The number of carbonyl (C=O) groups excluding carboxylic acids is 2. The quantitative estimate of drug-likeness (QED) is 0.179. The summed E-state index contributed by atoms with van der Waals surface area (Å²) in [4.78, 5) is 47.4. The van der Waals surface area contributed by atoms with E-state index in [1.54, 1.807) is 45.3 Å². The van der Waals surface area contributed by atoms with Crippen LogP contribution < -0.4 is 9.47 Å². The molecule has 1 N–H and O–H groups in total. The zero-order valence-corrected chi connectivity index (χ0v) is 33.1. The number of pyridine rings is 1. The number of hydrogen-bond donors (Lipinski definition) is 1. The Balaban J connectivity index is 0.894. The van der Waals surface area contributed by atoms with Gasteiger partial charge in [-0.25, -0.2) is 47.1 Å². The second-order valence-corrected chi connectivity index (χ2v) is 16.4. The summed E-state index contributed by atoms with van der Waals surface area (Å²) < 4.78 is 74.0. The molecule has 4 aliphatic rings. The zero-order chi connectivity index (χ0) is 42.0. The fourth-order valence-electron chi connectivity index (χ4n) is 7.47. The summed E-state index contributed by atoms with van der Waals surface area (Å²) in [6, 6.07) is 5.21. The van der Waals surface area contributed by atoms with Crippen LogP contribution >= 0.6 is 11.3 Å². The van der Waals surface area contributed by atoms with E-state index in [1.165, 1.54) is 27.4 Å². The highest BCUT2D eigenvalue weighted by atomic mass is 32.1. The Hall–Kier alpha value is -6.28. The minimum atomic E-state index is -1.21. The van der Waals surface area contributed by atoms with Gasteiger partial charge in [0.2, 0.25) is 5.88 Å². The van der Waals surface area contributed by atoms with Crippen LogP contribution in [-0.2, 0) is 5.60 Å². The molecule has 9 rings (SSSR count). The number of thiazole rings is 1. The molecule has 0 saturated carbocycles. The highest BCUT2D eigenvalue weighted by Gasteiger charge is 2.43. The minimum absolute atomic E-state index is 0.0512. The molecule has 0 unspecified atom stereocenters. The largest absolute Gasteiger partial charge is 0.470 e. The Bertz CT molecular complexity index is 2520. The molecule has 0 bridgehead atoms. The molecule has 2 atom stereocenters. The minimum Gasteiger partial charge on any atom is -0.470 e. The molecule has 60 heavy (non-hydrogen) atoms. The molecular formula is C40H36F4N10O5S. The molecule has 2 aromatic carbocycles. The fourth-order valence-corrected chi connectivity index (χ4v) is 8.31.